The molecule has 3 N–H and O–H groups in total. The van der Waals surface area contributed by atoms with E-state index in [-0.39, 0.29) is 41.0 Å². The van der Waals surface area contributed by atoms with Crippen LogP contribution in [0.1, 0.15) is 151 Å². The Bertz CT molecular complexity index is 972. The summed E-state index contributed by atoms with van der Waals surface area (Å²) in [6, 6.07) is 3.13. The van der Waals surface area contributed by atoms with Crippen molar-refractivity contribution >= 4 is 17.5 Å². The van der Waals surface area contributed by atoms with Crippen LogP contribution in [0.4, 0.5) is 0 Å². The molecular formula is C40H71ClN4O3. The van der Waals surface area contributed by atoms with Gasteiger partial charge in [-0.2, -0.15) is 5.26 Å². The van der Waals surface area contributed by atoms with E-state index in [1.807, 2.05) is 33.0 Å². The number of nitrogens with zero attached hydrogens (tertiary/aromatic N) is 1. The molecule has 3 saturated carbocycles. The van der Waals surface area contributed by atoms with Gasteiger partial charge in [0, 0.05) is 31.3 Å². The fourth-order valence-corrected chi connectivity index (χ4v) is 8.02. The van der Waals surface area contributed by atoms with Crippen molar-refractivity contribution in [3.63, 3.8) is 0 Å². The summed E-state index contributed by atoms with van der Waals surface area (Å²) in [4.78, 5) is 12.8. The van der Waals surface area contributed by atoms with Crippen molar-refractivity contribution in [2.75, 3.05) is 19.8 Å². The number of hydrogen-bond acceptors (Lipinski definition) is 6. The van der Waals surface area contributed by atoms with Gasteiger partial charge >= 0.3 is 0 Å². The van der Waals surface area contributed by atoms with Gasteiger partial charge in [0.2, 0.25) is 5.91 Å². The maximum Gasteiger partial charge on any atom is 0.220 e. The Labute approximate surface area is 299 Å². The summed E-state index contributed by atoms with van der Waals surface area (Å²) in [5.74, 6) is 0.740. The third-order valence-corrected chi connectivity index (χ3v) is 10.7. The Hall–Kier alpha value is -1.59. The van der Waals surface area contributed by atoms with Crippen molar-refractivity contribution in [1.82, 2.24) is 16.0 Å². The monoisotopic (exact) mass is 691 g/mol. The van der Waals surface area contributed by atoms with Gasteiger partial charge in [0.1, 0.15) is 6.07 Å². The van der Waals surface area contributed by atoms with Crippen molar-refractivity contribution in [1.29, 1.82) is 5.26 Å². The van der Waals surface area contributed by atoms with Crippen molar-refractivity contribution in [2.45, 2.75) is 186 Å². The molecule has 0 bridgehead atoms. The molecule has 0 radical (unpaired) electrons. The molecule has 4 rings (SSSR count). The highest BCUT2D eigenvalue weighted by Gasteiger charge is 2.38. The van der Waals surface area contributed by atoms with Gasteiger partial charge in [-0.1, -0.05) is 72.8 Å². The number of amides is 1. The maximum absolute atomic E-state index is 12.8. The van der Waals surface area contributed by atoms with Crippen LogP contribution in [0.25, 0.3) is 0 Å². The molecule has 8 heteroatoms. The van der Waals surface area contributed by atoms with Crippen LogP contribution in [-0.2, 0) is 14.3 Å². The number of carbonyl (C=O) groups excluding carboxylic acids is 1. The van der Waals surface area contributed by atoms with Crippen LogP contribution in [0.2, 0.25) is 0 Å². The Balaban J connectivity index is 0.00000151. The molecule has 4 fully saturated rings. The zero-order valence-electron chi connectivity index (χ0n) is 31.5. The molecule has 48 heavy (non-hydrogen) atoms. The topological polar surface area (TPSA) is 95.4 Å². The molecule has 1 amide bonds. The summed E-state index contributed by atoms with van der Waals surface area (Å²) in [6.45, 7) is 15.1. The highest BCUT2D eigenvalue weighted by molar-refractivity contribution is 6.21. The van der Waals surface area contributed by atoms with Crippen LogP contribution in [-0.4, -0.2) is 61.4 Å². The summed E-state index contributed by atoms with van der Waals surface area (Å²) in [7, 11) is 0. The number of ether oxygens (including phenoxy) is 2. The Morgan fingerprint density at radius 3 is 2.38 bits per heavy atom. The van der Waals surface area contributed by atoms with E-state index in [1.165, 1.54) is 57.8 Å². The Morgan fingerprint density at radius 1 is 1.00 bits per heavy atom. The van der Waals surface area contributed by atoms with Crippen molar-refractivity contribution in [3.8, 4) is 6.07 Å². The lowest BCUT2D eigenvalue weighted by Crippen LogP contribution is -2.50. The fourth-order valence-electron chi connectivity index (χ4n) is 7.61. The van der Waals surface area contributed by atoms with E-state index in [9.17, 15) is 10.1 Å². The number of carbonyl (C=O) groups is 1. The standard InChI is InChI=1S/C35H57ClN4O3.C3H8.C2H6/c1-3-42-33-22-35(2,18-16-31(33)40-34(41)20-26-10-5-4-6-11-26)17-9-12-27(23-37)24-39-28-14-15-32(30(36)21-28)43-25-29-13-7-8-19-38-29;1-3-2;1-2/h9,12,24,26,28-33,38-39H,3-8,10-11,13-22,25H2,1-2H3,(H,40,41);3H2,1-2H3;1-2H3/b12-9-,27-24-;;. The minimum Gasteiger partial charge on any atom is -0.387 e. The van der Waals surface area contributed by atoms with E-state index in [0.29, 0.717) is 30.6 Å². The second-order valence-electron chi connectivity index (χ2n) is 14.7. The third-order valence-electron chi connectivity index (χ3n) is 10.3. The molecule has 276 valence electrons. The Morgan fingerprint density at radius 2 is 1.73 bits per heavy atom. The predicted octanol–water partition coefficient (Wildman–Crippen LogP) is 9.11. The first-order chi connectivity index (χ1) is 23.3. The van der Waals surface area contributed by atoms with Gasteiger partial charge in [0.15, 0.2) is 0 Å². The zero-order valence-corrected chi connectivity index (χ0v) is 32.2. The normalized spacial score (nSPS) is 31.4. The lowest BCUT2D eigenvalue weighted by Gasteiger charge is -2.42. The molecular weight excluding hydrogens is 620 g/mol. The van der Waals surface area contributed by atoms with Gasteiger partial charge in [0.25, 0.3) is 0 Å². The summed E-state index contributed by atoms with van der Waals surface area (Å²) in [6.07, 6.45) is 24.4. The molecule has 4 aliphatic rings. The van der Waals surface area contributed by atoms with Crippen LogP contribution in [0.5, 0.6) is 0 Å². The number of alkyl halides is 1. The first-order valence-electron chi connectivity index (χ1n) is 19.7. The van der Waals surface area contributed by atoms with Crippen LogP contribution >= 0.6 is 11.6 Å². The first kappa shape index (κ1) is 42.6. The highest BCUT2D eigenvalue weighted by atomic mass is 35.5. The number of nitrogens with one attached hydrogen (secondary N) is 3. The summed E-state index contributed by atoms with van der Waals surface area (Å²) in [5, 5.41) is 20.1. The number of rotatable bonds is 13. The van der Waals surface area contributed by atoms with E-state index < -0.39 is 0 Å². The highest BCUT2D eigenvalue weighted by Crippen LogP contribution is 2.41. The summed E-state index contributed by atoms with van der Waals surface area (Å²) in [5.41, 5.74) is 0.702. The second-order valence-corrected chi connectivity index (χ2v) is 15.2. The minimum atomic E-state index is -0.0188. The number of piperidine rings is 1. The molecule has 7 nitrogen and oxygen atoms in total. The van der Waals surface area contributed by atoms with Gasteiger partial charge in [-0.25, -0.2) is 0 Å². The number of allylic oxidation sites excluding steroid dienone is 3. The van der Waals surface area contributed by atoms with E-state index in [1.54, 1.807) is 0 Å². The van der Waals surface area contributed by atoms with E-state index in [4.69, 9.17) is 21.1 Å². The minimum absolute atomic E-state index is 0.0188. The first-order valence-corrected chi connectivity index (χ1v) is 20.2. The van der Waals surface area contributed by atoms with Gasteiger partial charge in [-0.3, -0.25) is 4.79 Å². The van der Waals surface area contributed by atoms with Crippen LogP contribution < -0.4 is 16.0 Å². The molecule has 0 aromatic carbocycles. The molecule has 0 spiro atoms. The largest absolute Gasteiger partial charge is 0.387 e. The number of nitriles is 1. The SMILES string of the molecule is CC.CCC.CCOC1CC(C)(C/C=C\C(C#N)=C\NC2CCC(OCC3CCCCN3)C(Cl)C2)CCC1NC(=O)CC1CCCCC1. The van der Waals surface area contributed by atoms with Crippen molar-refractivity contribution in [3.05, 3.63) is 23.9 Å². The van der Waals surface area contributed by atoms with Gasteiger partial charge in [-0.05, 0) is 102 Å². The van der Waals surface area contributed by atoms with E-state index >= 15 is 0 Å². The van der Waals surface area contributed by atoms with Crippen LogP contribution in [0, 0.1) is 22.7 Å². The summed E-state index contributed by atoms with van der Waals surface area (Å²) < 4.78 is 12.4. The average molecular weight is 691 g/mol. The fraction of sp³-hybridized carbons (Fsp3) is 0.850. The molecule has 1 saturated heterocycles. The van der Waals surface area contributed by atoms with Crippen LogP contribution in [0.3, 0.4) is 0 Å². The average Bonchev–Trinajstić information content (AvgIpc) is 3.09. The van der Waals surface area contributed by atoms with Crippen LogP contribution in [0.15, 0.2) is 23.9 Å². The lowest BCUT2D eigenvalue weighted by molar-refractivity contribution is -0.125. The van der Waals surface area contributed by atoms with Gasteiger partial charge < -0.3 is 25.4 Å². The molecule has 0 aromatic heterocycles. The molecule has 1 heterocycles. The Kier molecular flexibility index (Phi) is 21.8. The number of hydrogen-bond donors (Lipinski definition) is 3. The lowest BCUT2D eigenvalue weighted by atomic mass is 9.70. The predicted molar refractivity (Wildman–Crippen MR) is 201 cm³/mol. The molecule has 7 atom stereocenters. The third kappa shape index (κ3) is 16.0. The summed E-state index contributed by atoms with van der Waals surface area (Å²) >= 11 is 6.73. The molecule has 7 unspecified atom stereocenters. The molecule has 1 aliphatic heterocycles. The van der Waals surface area contributed by atoms with Crippen molar-refractivity contribution < 1.29 is 14.3 Å². The quantitative estimate of drug-likeness (QED) is 0.101. The number of halogens is 1. The van der Waals surface area contributed by atoms with Gasteiger partial charge in [-0.15, -0.1) is 11.6 Å². The molecule has 3 aliphatic carbocycles. The molecule has 0 aromatic rings. The maximum atomic E-state index is 12.8. The smallest absolute Gasteiger partial charge is 0.220 e. The van der Waals surface area contributed by atoms with E-state index in [2.05, 4.69) is 48.9 Å². The van der Waals surface area contributed by atoms with E-state index in [0.717, 1.165) is 58.1 Å². The zero-order chi connectivity index (χ0) is 35.2. The van der Waals surface area contributed by atoms with Crippen molar-refractivity contribution in [2.24, 2.45) is 11.3 Å². The second kappa shape index (κ2) is 24.5. The van der Waals surface area contributed by atoms with Gasteiger partial charge in [0.05, 0.1) is 35.8 Å².